The molecule has 7 heteroatoms. The van der Waals surface area contributed by atoms with Crippen LogP contribution in [0.25, 0.3) is 22.6 Å². The fourth-order valence-corrected chi connectivity index (χ4v) is 2.23. The van der Waals surface area contributed by atoms with Crippen molar-refractivity contribution in [2.75, 3.05) is 11.5 Å². The molecule has 0 fully saturated rings. The van der Waals surface area contributed by atoms with Gasteiger partial charge in [-0.15, -0.1) is 0 Å². The number of aryl methyl sites for hydroxylation is 2. The Labute approximate surface area is 114 Å². The number of nitrogens with two attached hydrogens (primary N) is 2. The molecule has 0 unspecified atom stereocenters. The van der Waals surface area contributed by atoms with Gasteiger partial charge in [0.2, 0.25) is 5.95 Å². The number of nitrogens with zero attached hydrogens (tertiary/aromatic N) is 2. The number of imidazole rings is 1. The van der Waals surface area contributed by atoms with Gasteiger partial charge in [-0.2, -0.15) is 4.98 Å². The highest BCUT2D eigenvalue weighted by Crippen LogP contribution is 2.28. The van der Waals surface area contributed by atoms with E-state index < -0.39 is 0 Å². The van der Waals surface area contributed by atoms with Crippen LogP contribution in [0.2, 0.25) is 0 Å². The van der Waals surface area contributed by atoms with E-state index in [2.05, 4.69) is 19.9 Å². The molecule has 0 saturated carbocycles. The second-order valence-electron chi connectivity index (χ2n) is 4.78. The maximum absolute atomic E-state index is 11.8. The van der Waals surface area contributed by atoms with E-state index in [1.807, 2.05) is 26.0 Å². The summed E-state index contributed by atoms with van der Waals surface area (Å²) in [6.45, 7) is 3.90. The molecule has 7 nitrogen and oxygen atoms in total. The number of aromatic nitrogens is 4. The molecule has 3 aromatic rings. The van der Waals surface area contributed by atoms with Crippen molar-refractivity contribution in [1.29, 1.82) is 0 Å². The van der Waals surface area contributed by atoms with Crippen LogP contribution < -0.4 is 17.0 Å². The van der Waals surface area contributed by atoms with Crippen molar-refractivity contribution < 1.29 is 0 Å². The van der Waals surface area contributed by atoms with Crippen molar-refractivity contribution >= 4 is 22.8 Å². The Balaban J connectivity index is 2.31. The molecule has 2 heterocycles. The van der Waals surface area contributed by atoms with Gasteiger partial charge < -0.3 is 16.5 Å². The summed E-state index contributed by atoms with van der Waals surface area (Å²) in [6.07, 6.45) is 0. The lowest BCUT2D eigenvalue weighted by Gasteiger charge is -2.07. The highest BCUT2D eigenvalue weighted by molar-refractivity contribution is 5.81. The van der Waals surface area contributed by atoms with Gasteiger partial charge in [-0.05, 0) is 31.0 Å². The van der Waals surface area contributed by atoms with Gasteiger partial charge in [-0.3, -0.25) is 9.78 Å². The Morgan fingerprint density at radius 1 is 1.10 bits per heavy atom. The summed E-state index contributed by atoms with van der Waals surface area (Å²) in [4.78, 5) is 25.5. The summed E-state index contributed by atoms with van der Waals surface area (Å²) in [7, 11) is 0. The number of nitrogens with one attached hydrogen (secondary N) is 2. The van der Waals surface area contributed by atoms with E-state index in [0.29, 0.717) is 11.5 Å². The molecular weight excluding hydrogens is 256 g/mol. The molecule has 20 heavy (non-hydrogen) atoms. The number of hydrogen-bond acceptors (Lipinski definition) is 5. The molecule has 2 aromatic heterocycles. The van der Waals surface area contributed by atoms with Crippen LogP contribution in [0.3, 0.4) is 0 Å². The predicted octanol–water partition coefficient (Wildman–Crippen LogP) is 1.09. The van der Waals surface area contributed by atoms with Gasteiger partial charge >= 0.3 is 0 Å². The van der Waals surface area contributed by atoms with E-state index in [9.17, 15) is 4.79 Å². The normalized spacial score (nSPS) is 11.1. The van der Waals surface area contributed by atoms with Gasteiger partial charge in [-0.25, -0.2) is 4.98 Å². The summed E-state index contributed by atoms with van der Waals surface area (Å²) in [5, 5.41) is 0. The standard InChI is InChI=1S/C13H14N6O/c1-5-3-6(2)8(14)7(4-5)10-16-9-11(17-10)18-13(15)19-12(9)20/h3-4H,14H2,1-2H3,(H4,15,16,17,18,19,20). The summed E-state index contributed by atoms with van der Waals surface area (Å²) in [5.41, 5.74) is 15.2. The third-order valence-corrected chi connectivity index (χ3v) is 3.17. The van der Waals surface area contributed by atoms with E-state index in [1.165, 1.54) is 0 Å². The maximum atomic E-state index is 11.8. The van der Waals surface area contributed by atoms with Crippen molar-refractivity contribution in [3.05, 3.63) is 33.6 Å². The van der Waals surface area contributed by atoms with Crippen LogP contribution in [0, 0.1) is 13.8 Å². The van der Waals surface area contributed by atoms with Crippen LogP contribution in [0.15, 0.2) is 16.9 Å². The zero-order valence-electron chi connectivity index (χ0n) is 11.1. The SMILES string of the molecule is Cc1cc(C)c(N)c(-c2nc3nc(N)[nH]c(=O)c3[nH]2)c1. The molecule has 0 bridgehead atoms. The molecule has 3 rings (SSSR count). The maximum Gasteiger partial charge on any atom is 0.278 e. The number of aromatic amines is 2. The number of hydrogen-bond donors (Lipinski definition) is 4. The van der Waals surface area contributed by atoms with Crippen LogP contribution in [-0.2, 0) is 0 Å². The fraction of sp³-hybridized carbons (Fsp3) is 0.154. The molecule has 0 amide bonds. The fourth-order valence-electron chi connectivity index (χ4n) is 2.23. The Hall–Kier alpha value is -2.83. The molecule has 0 spiro atoms. The first kappa shape index (κ1) is 12.2. The number of nitrogen functional groups attached to an aromatic ring is 2. The van der Waals surface area contributed by atoms with Gasteiger partial charge in [-0.1, -0.05) is 6.07 Å². The van der Waals surface area contributed by atoms with Crippen molar-refractivity contribution in [1.82, 2.24) is 19.9 Å². The number of anilines is 2. The number of rotatable bonds is 1. The average molecular weight is 270 g/mol. The van der Waals surface area contributed by atoms with Gasteiger partial charge in [0.05, 0.1) is 0 Å². The number of benzene rings is 1. The zero-order valence-corrected chi connectivity index (χ0v) is 11.1. The lowest BCUT2D eigenvalue weighted by molar-refractivity contribution is 1.17. The molecule has 0 aliphatic heterocycles. The Morgan fingerprint density at radius 2 is 1.85 bits per heavy atom. The third-order valence-electron chi connectivity index (χ3n) is 3.17. The summed E-state index contributed by atoms with van der Waals surface area (Å²) in [6, 6.07) is 3.90. The average Bonchev–Trinajstić information content (AvgIpc) is 2.77. The smallest absolute Gasteiger partial charge is 0.278 e. The minimum absolute atomic E-state index is 0.0361. The first-order chi connectivity index (χ1) is 9.45. The summed E-state index contributed by atoms with van der Waals surface area (Å²) in [5.74, 6) is 0.543. The Kier molecular flexibility index (Phi) is 2.50. The van der Waals surface area contributed by atoms with Gasteiger partial charge in [0.15, 0.2) is 11.2 Å². The first-order valence-corrected chi connectivity index (χ1v) is 6.08. The van der Waals surface area contributed by atoms with E-state index >= 15 is 0 Å². The molecule has 0 aliphatic carbocycles. The highest BCUT2D eigenvalue weighted by Gasteiger charge is 2.13. The van der Waals surface area contributed by atoms with Crippen LogP contribution in [0.5, 0.6) is 0 Å². The second kappa shape index (κ2) is 4.09. The minimum Gasteiger partial charge on any atom is -0.398 e. The van der Waals surface area contributed by atoms with E-state index in [1.54, 1.807) is 0 Å². The predicted molar refractivity (Wildman–Crippen MR) is 78.2 cm³/mol. The van der Waals surface area contributed by atoms with E-state index in [0.717, 1.165) is 16.7 Å². The van der Waals surface area contributed by atoms with Crippen molar-refractivity contribution in [3.8, 4) is 11.4 Å². The number of fused-ring (bicyclic) bond motifs is 1. The second-order valence-corrected chi connectivity index (χ2v) is 4.78. The van der Waals surface area contributed by atoms with Gasteiger partial charge in [0, 0.05) is 11.3 Å². The van der Waals surface area contributed by atoms with Crippen LogP contribution in [0.4, 0.5) is 11.6 Å². The van der Waals surface area contributed by atoms with Crippen LogP contribution in [0.1, 0.15) is 11.1 Å². The largest absolute Gasteiger partial charge is 0.398 e. The molecule has 1 aromatic carbocycles. The summed E-state index contributed by atoms with van der Waals surface area (Å²) >= 11 is 0. The van der Waals surface area contributed by atoms with E-state index in [4.69, 9.17) is 11.5 Å². The minimum atomic E-state index is -0.353. The first-order valence-electron chi connectivity index (χ1n) is 6.08. The Morgan fingerprint density at radius 3 is 2.60 bits per heavy atom. The topological polar surface area (TPSA) is 126 Å². The van der Waals surface area contributed by atoms with E-state index in [-0.39, 0.29) is 22.7 Å². The van der Waals surface area contributed by atoms with Crippen molar-refractivity contribution in [2.24, 2.45) is 0 Å². The molecule has 0 radical (unpaired) electrons. The highest BCUT2D eigenvalue weighted by atomic mass is 16.1. The molecule has 0 saturated heterocycles. The molecule has 0 atom stereocenters. The lowest BCUT2D eigenvalue weighted by Crippen LogP contribution is -2.10. The Bertz CT molecular complexity index is 876. The molecule has 0 aliphatic rings. The monoisotopic (exact) mass is 270 g/mol. The van der Waals surface area contributed by atoms with Crippen LogP contribution in [-0.4, -0.2) is 19.9 Å². The lowest BCUT2D eigenvalue weighted by atomic mass is 10.0. The molecule has 102 valence electrons. The van der Waals surface area contributed by atoms with Gasteiger partial charge in [0.25, 0.3) is 5.56 Å². The zero-order chi connectivity index (χ0) is 14.4. The third kappa shape index (κ3) is 1.80. The van der Waals surface area contributed by atoms with Crippen molar-refractivity contribution in [2.45, 2.75) is 13.8 Å². The van der Waals surface area contributed by atoms with Crippen molar-refractivity contribution in [3.63, 3.8) is 0 Å². The summed E-state index contributed by atoms with van der Waals surface area (Å²) < 4.78 is 0. The quantitative estimate of drug-likeness (QED) is 0.492. The number of H-pyrrole nitrogens is 2. The van der Waals surface area contributed by atoms with Crippen LogP contribution >= 0.6 is 0 Å². The molecule has 6 N–H and O–H groups in total. The molecular formula is C13H14N6O. The van der Waals surface area contributed by atoms with Gasteiger partial charge in [0.1, 0.15) is 5.82 Å².